The van der Waals surface area contributed by atoms with Gasteiger partial charge < -0.3 is 21.5 Å². The number of carbonyl (C=O) groups is 1. The van der Waals surface area contributed by atoms with E-state index in [1.165, 1.54) is 0 Å². The van der Waals surface area contributed by atoms with Gasteiger partial charge in [0.15, 0.2) is 0 Å². The summed E-state index contributed by atoms with van der Waals surface area (Å²) in [6.45, 7) is 1.68. The molecule has 7 N–H and O–H groups in total. The molecular weight excluding hydrogens is 188 g/mol. The highest BCUT2D eigenvalue weighted by Crippen LogP contribution is 2.13. The molecule has 1 atom stereocenters. The Balaban J connectivity index is -0.000000403. The summed E-state index contributed by atoms with van der Waals surface area (Å²) in [7, 11) is 0. The van der Waals surface area contributed by atoms with Crippen LogP contribution in [0.2, 0.25) is 0 Å². The predicted octanol–water partition coefficient (Wildman–Crippen LogP) is -0.599. The number of aliphatic carboxylic acids is 1. The second-order valence-corrected chi connectivity index (χ2v) is 2.47. The second kappa shape index (κ2) is 8.18. The maximum Gasteiger partial charge on any atom is 0.310 e. The van der Waals surface area contributed by atoms with Crippen molar-refractivity contribution < 1.29 is 26.3 Å². The van der Waals surface area contributed by atoms with Crippen LogP contribution in [0.15, 0.2) is 30.3 Å². The molecule has 0 saturated carbocycles. The van der Waals surface area contributed by atoms with E-state index >= 15 is 0 Å². The molecule has 0 saturated heterocycles. The zero-order valence-corrected chi connectivity index (χ0v) is 7.82. The summed E-state index contributed by atoms with van der Waals surface area (Å²) in [6, 6.07) is 9.19. The van der Waals surface area contributed by atoms with Crippen molar-refractivity contribution in [2.75, 3.05) is 0 Å². The lowest BCUT2D eigenvalue weighted by atomic mass is 10.0. The molecule has 5 nitrogen and oxygen atoms in total. The van der Waals surface area contributed by atoms with Crippen molar-refractivity contribution in [2.24, 2.45) is 0 Å². The molecule has 0 aromatic heterocycles. The number of carboxylic acids is 1. The third-order valence-electron chi connectivity index (χ3n) is 1.67. The zero-order chi connectivity index (χ0) is 8.27. The van der Waals surface area contributed by atoms with Crippen LogP contribution in [-0.4, -0.2) is 27.5 Å². The lowest BCUT2D eigenvalue weighted by Gasteiger charge is -2.04. The van der Waals surface area contributed by atoms with Gasteiger partial charge in [-0.05, 0) is 12.5 Å². The van der Waals surface area contributed by atoms with Crippen LogP contribution in [0.3, 0.4) is 0 Å². The van der Waals surface area contributed by atoms with Gasteiger partial charge in [0.1, 0.15) is 0 Å². The molecule has 0 radical (unpaired) electrons. The Kier molecular flexibility index (Phi) is 10.7. The highest BCUT2D eigenvalue weighted by Gasteiger charge is 2.11. The van der Waals surface area contributed by atoms with Crippen molar-refractivity contribution in [2.45, 2.75) is 12.8 Å². The number of hydrogen-bond donors (Lipinski definition) is 1. The van der Waals surface area contributed by atoms with E-state index in [0.717, 1.165) is 5.56 Å². The molecule has 1 rings (SSSR count). The van der Waals surface area contributed by atoms with Gasteiger partial charge >= 0.3 is 5.97 Å². The molecule has 1 aromatic carbocycles. The molecule has 0 heterocycles. The van der Waals surface area contributed by atoms with Gasteiger partial charge in [0.25, 0.3) is 0 Å². The summed E-state index contributed by atoms with van der Waals surface area (Å²) >= 11 is 0. The summed E-state index contributed by atoms with van der Waals surface area (Å²) in [6.07, 6.45) is 0. The fourth-order valence-corrected chi connectivity index (χ4v) is 0.884. The van der Waals surface area contributed by atoms with Gasteiger partial charge in [-0.1, -0.05) is 30.3 Å². The molecule has 5 heteroatoms. The van der Waals surface area contributed by atoms with E-state index in [1.807, 2.05) is 30.3 Å². The van der Waals surface area contributed by atoms with Crippen LogP contribution in [0, 0.1) is 0 Å². The first-order chi connectivity index (χ1) is 5.22. The molecule has 0 aliphatic heterocycles. The van der Waals surface area contributed by atoms with Crippen LogP contribution >= 0.6 is 0 Å². The van der Waals surface area contributed by atoms with Gasteiger partial charge in [-0.2, -0.15) is 0 Å². The average molecular weight is 204 g/mol. The van der Waals surface area contributed by atoms with Crippen molar-refractivity contribution in [3.8, 4) is 0 Å². The van der Waals surface area contributed by atoms with Gasteiger partial charge in [-0.15, -0.1) is 0 Å². The third-order valence-corrected chi connectivity index (χ3v) is 1.67. The summed E-state index contributed by atoms with van der Waals surface area (Å²) in [5.74, 6) is -1.19. The van der Waals surface area contributed by atoms with Crippen LogP contribution in [-0.2, 0) is 4.79 Å². The molecule has 1 unspecified atom stereocenters. The SMILES string of the molecule is CC(C(=O)O)c1ccccc1.O.O.O. The quantitative estimate of drug-likeness (QED) is 0.689. The molecule has 0 aliphatic rings. The van der Waals surface area contributed by atoms with Crippen LogP contribution in [0.4, 0.5) is 0 Å². The summed E-state index contributed by atoms with van der Waals surface area (Å²) in [4.78, 5) is 10.5. The molecular formula is C9H16O5. The Bertz CT molecular complexity index is 247. The van der Waals surface area contributed by atoms with Crippen LogP contribution < -0.4 is 0 Å². The van der Waals surface area contributed by atoms with E-state index in [2.05, 4.69) is 0 Å². The van der Waals surface area contributed by atoms with Gasteiger partial charge in [0.05, 0.1) is 5.92 Å². The minimum atomic E-state index is -0.781. The Labute approximate surface area is 81.9 Å². The van der Waals surface area contributed by atoms with Crippen molar-refractivity contribution in [1.82, 2.24) is 0 Å². The van der Waals surface area contributed by atoms with E-state index in [4.69, 9.17) is 5.11 Å². The number of carboxylic acid groups (broad SMARTS) is 1. The van der Waals surface area contributed by atoms with Crippen LogP contribution in [0.25, 0.3) is 0 Å². The Morgan fingerprint density at radius 2 is 1.57 bits per heavy atom. The largest absolute Gasteiger partial charge is 0.481 e. The van der Waals surface area contributed by atoms with E-state index < -0.39 is 11.9 Å². The van der Waals surface area contributed by atoms with Gasteiger partial charge in [-0.3, -0.25) is 4.79 Å². The summed E-state index contributed by atoms with van der Waals surface area (Å²) in [5.41, 5.74) is 0.847. The molecule has 0 spiro atoms. The first-order valence-corrected chi connectivity index (χ1v) is 3.49. The Morgan fingerprint density at radius 3 is 1.93 bits per heavy atom. The van der Waals surface area contributed by atoms with E-state index in [-0.39, 0.29) is 16.4 Å². The maximum atomic E-state index is 10.5. The van der Waals surface area contributed by atoms with Crippen LogP contribution in [0.1, 0.15) is 18.4 Å². The first kappa shape index (κ1) is 18.4. The Morgan fingerprint density at radius 1 is 1.14 bits per heavy atom. The first-order valence-electron chi connectivity index (χ1n) is 3.49. The zero-order valence-electron chi connectivity index (χ0n) is 7.82. The summed E-state index contributed by atoms with van der Waals surface area (Å²) < 4.78 is 0. The molecule has 0 bridgehead atoms. The second-order valence-electron chi connectivity index (χ2n) is 2.47. The lowest BCUT2D eigenvalue weighted by Crippen LogP contribution is -2.06. The number of rotatable bonds is 2. The minimum absolute atomic E-state index is 0. The minimum Gasteiger partial charge on any atom is -0.481 e. The van der Waals surface area contributed by atoms with Crippen molar-refractivity contribution >= 4 is 5.97 Å². The number of benzene rings is 1. The van der Waals surface area contributed by atoms with Crippen molar-refractivity contribution in [3.63, 3.8) is 0 Å². The third kappa shape index (κ3) is 4.56. The molecule has 1 aromatic rings. The van der Waals surface area contributed by atoms with Crippen molar-refractivity contribution in [1.29, 1.82) is 0 Å². The molecule has 0 amide bonds. The fraction of sp³-hybridized carbons (Fsp3) is 0.222. The monoisotopic (exact) mass is 204 g/mol. The number of hydrogen-bond acceptors (Lipinski definition) is 1. The van der Waals surface area contributed by atoms with Gasteiger partial charge in [0.2, 0.25) is 0 Å². The van der Waals surface area contributed by atoms with Crippen molar-refractivity contribution in [3.05, 3.63) is 35.9 Å². The Hall–Kier alpha value is -1.43. The normalized spacial score (nSPS) is 9.79. The molecule has 0 aliphatic carbocycles. The smallest absolute Gasteiger partial charge is 0.310 e. The molecule has 14 heavy (non-hydrogen) atoms. The summed E-state index contributed by atoms with van der Waals surface area (Å²) in [5, 5.41) is 8.64. The average Bonchev–Trinajstić information content (AvgIpc) is 2.05. The predicted molar refractivity (Wildman–Crippen MR) is 53.3 cm³/mol. The standard InChI is InChI=1S/C9H10O2.3H2O/c1-7(9(10)11)8-5-3-2-4-6-8;;;/h2-7H,1H3,(H,10,11);3*1H2. The topological polar surface area (TPSA) is 132 Å². The van der Waals surface area contributed by atoms with Crippen LogP contribution in [0.5, 0.6) is 0 Å². The highest BCUT2D eigenvalue weighted by atomic mass is 16.4. The van der Waals surface area contributed by atoms with E-state index in [0.29, 0.717) is 0 Å². The molecule has 82 valence electrons. The lowest BCUT2D eigenvalue weighted by molar-refractivity contribution is -0.138. The van der Waals surface area contributed by atoms with Gasteiger partial charge in [0, 0.05) is 0 Å². The van der Waals surface area contributed by atoms with E-state index in [9.17, 15) is 4.79 Å². The van der Waals surface area contributed by atoms with E-state index in [1.54, 1.807) is 6.92 Å². The fourth-order valence-electron chi connectivity index (χ4n) is 0.884. The molecule has 0 fully saturated rings. The maximum absolute atomic E-state index is 10.5. The highest BCUT2D eigenvalue weighted by molar-refractivity contribution is 5.75. The van der Waals surface area contributed by atoms with Gasteiger partial charge in [-0.25, -0.2) is 0 Å².